The largest absolute Gasteiger partial charge is 0.211 e. The molecule has 1 rings (SSSR count). The molecule has 0 aromatic carbocycles. The van der Waals surface area contributed by atoms with Crippen LogP contribution in [0.5, 0.6) is 0 Å². The van der Waals surface area contributed by atoms with E-state index in [2.05, 4.69) is 15.9 Å². The molecule has 0 heterocycles. The van der Waals surface area contributed by atoms with E-state index in [1.807, 2.05) is 19.9 Å². The number of halogens is 3. The van der Waals surface area contributed by atoms with Crippen molar-refractivity contribution in [1.29, 1.82) is 0 Å². The molecule has 0 aromatic heterocycles. The second-order valence-electron chi connectivity index (χ2n) is 2.11. The standard InChI is InChI=1S/C7H7BrClF.C2H6/c8-4-5-6(9)2-1-3-7(5)10;1-2/h2H,1,3-4H2;1-2H3. The normalized spacial score (nSPS) is 16.6. The van der Waals surface area contributed by atoms with Crippen molar-refractivity contribution < 1.29 is 4.39 Å². The van der Waals surface area contributed by atoms with Gasteiger partial charge in [0.2, 0.25) is 0 Å². The molecular formula is C9H13BrClF. The fraction of sp³-hybridized carbons (Fsp3) is 0.556. The molecule has 0 fully saturated rings. The summed E-state index contributed by atoms with van der Waals surface area (Å²) in [7, 11) is 0. The molecule has 0 N–H and O–H groups in total. The van der Waals surface area contributed by atoms with Crippen LogP contribution in [0.4, 0.5) is 4.39 Å². The van der Waals surface area contributed by atoms with E-state index in [1.54, 1.807) is 0 Å². The summed E-state index contributed by atoms with van der Waals surface area (Å²) in [6.45, 7) is 4.00. The fourth-order valence-electron chi connectivity index (χ4n) is 0.866. The lowest BCUT2D eigenvalue weighted by molar-refractivity contribution is 0.577. The first-order valence-corrected chi connectivity index (χ1v) is 5.55. The molecule has 70 valence electrons. The Morgan fingerprint density at radius 3 is 2.50 bits per heavy atom. The van der Waals surface area contributed by atoms with Crippen LogP contribution in [0, 0.1) is 0 Å². The highest BCUT2D eigenvalue weighted by atomic mass is 79.9. The molecule has 1 aliphatic rings. The average molecular weight is 256 g/mol. The van der Waals surface area contributed by atoms with Gasteiger partial charge in [0.15, 0.2) is 0 Å². The Morgan fingerprint density at radius 1 is 1.58 bits per heavy atom. The summed E-state index contributed by atoms with van der Waals surface area (Å²) in [5, 5.41) is 1.06. The Hall–Kier alpha value is 0.180. The van der Waals surface area contributed by atoms with Crippen LogP contribution in [0.1, 0.15) is 26.7 Å². The Bertz CT molecular complexity index is 197. The summed E-state index contributed by atoms with van der Waals surface area (Å²) in [4.78, 5) is 0. The first-order chi connectivity index (χ1) is 5.75. The summed E-state index contributed by atoms with van der Waals surface area (Å²) in [6, 6.07) is 0. The van der Waals surface area contributed by atoms with Crippen LogP contribution in [-0.2, 0) is 0 Å². The van der Waals surface area contributed by atoms with Gasteiger partial charge in [-0.15, -0.1) is 0 Å². The van der Waals surface area contributed by atoms with Crippen LogP contribution in [0.3, 0.4) is 0 Å². The van der Waals surface area contributed by atoms with Crippen LogP contribution >= 0.6 is 27.5 Å². The molecule has 1 aliphatic carbocycles. The van der Waals surface area contributed by atoms with Gasteiger partial charge in [0.1, 0.15) is 5.83 Å². The van der Waals surface area contributed by atoms with E-state index in [4.69, 9.17) is 11.6 Å². The number of hydrogen-bond acceptors (Lipinski definition) is 0. The Morgan fingerprint density at radius 2 is 2.17 bits per heavy atom. The van der Waals surface area contributed by atoms with E-state index in [0.717, 1.165) is 6.42 Å². The highest BCUT2D eigenvalue weighted by molar-refractivity contribution is 9.09. The average Bonchev–Trinajstić information content (AvgIpc) is 2.08. The maximum atomic E-state index is 12.8. The van der Waals surface area contributed by atoms with Gasteiger partial charge in [-0.2, -0.15) is 0 Å². The highest BCUT2D eigenvalue weighted by Crippen LogP contribution is 2.29. The molecule has 0 amide bonds. The van der Waals surface area contributed by atoms with Crippen molar-refractivity contribution >= 4 is 27.5 Å². The van der Waals surface area contributed by atoms with Gasteiger partial charge >= 0.3 is 0 Å². The second kappa shape index (κ2) is 6.67. The SMILES string of the molecule is CC.FC1=C(CBr)C(Cl)=CCC1. The van der Waals surface area contributed by atoms with Gasteiger partial charge in [-0.05, 0) is 6.42 Å². The Kier molecular flexibility index (Phi) is 6.77. The van der Waals surface area contributed by atoms with E-state index >= 15 is 0 Å². The molecule has 0 aliphatic heterocycles. The molecule has 12 heavy (non-hydrogen) atoms. The predicted molar refractivity (Wildman–Crippen MR) is 56.4 cm³/mol. The molecular weight excluding hydrogens is 242 g/mol. The lowest BCUT2D eigenvalue weighted by Gasteiger charge is -2.09. The van der Waals surface area contributed by atoms with Crippen LogP contribution in [0.25, 0.3) is 0 Å². The molecule has 3 heteroatoms. The van der Waals surface area contributed by atoms with E-state index in [-0.39, 0.29) is 5.83 Å². The first kappa shape index (κ1) is 12.2. The monoisotopic (exact) mass is 254 g/mol. The van der Waals surface area contributed by atoms with E-state index in [9.17, 15) is 4.39 Å². The number of allylic oxidation sites excluding steroid dienone is 4. The molecule has 0 aromatic rings. The van der Waals surface area contributed by atoms with Gasteiger partial charge in [-0.3, -0.25) is 0 Å². The lowest BCUT2D eigenvalue weighted by atomic mass is 10.1. The Labute approximate surface area is 86.6 Å². The lowest BCUT2D eigenvalue weighted by Crippen LogP contribution is -1.95. The fourth-order valence-corrected chi connectivity index (χ4v) is 1.91. The number of hydrogen-bond donors (Lipinski definition) is 0. The maximum absolute atomic E-state index is 12.8. The van der Waals surface area contributed by atoms with Crippen molar-refractivity contribution in [1.82, 2.24) is 0 Å². The van der Waals surface area contributed by atoms with Gasteiger partial charge in [-0.1, -0.05) is 47.5 Å². The summed E-state index contributed by atoms with van der Waals surface area (Å²) < 4.78 is 12.8. The van der Waals surface area contributed by atoms with Crippen molar-refractivity contribution in [3.8, 4) is 0 Å². The highest BCUT2D eigenvalue weighted by Gasteiger charge is 2.12. The third-order valence-corrected chi connectivity index (χ3v) is 2.38. The smallest absolute Gasteiger partial charge is 0.106 e. The quantitative estimate of drug-likeness (QED) is 0.603. The van der Waals surface area contributed by atoms with Gasteiger partial charge in [0, 0.05) is 22.4 Å². The van der Waals surface area contributed by atoms with E-state index in [1.165, 1.54) is 0 Å². The third kappa shape index (κ3) is 3.28. The molecule has 0 atom stereocenters. The molecule has 0 bridgehead atoms. The van der Waals surface area contributed by atoms with Crippen molar-refractivity contribution in [2.24, 2.45) is 0 Å². The molecule has 0 radical (unpaired) electrons. The molecule has 0 saturated carbocycles. The van der Waals surface area contributed by atoms with E-state index in [0.29, 0.717) is 22.4 Å². The van der Waals surface area contributed by atoms with Crippen LogP contribution in [-0.4, -0.2) is 5.33 Å². The zero-order chi connectivity index (χ0) is 9.56. The molecule has 0 saturated heterocycles. The minimum atomic E-state index is -0.0793. The van der Waals surface area contributed by atoms with Crippen LogP contribution in [0.2, 0.25) is 0 Å². The van der Waals surface area contributed by atoms with Crippen molar-refractivity contribution in [3.05, 3.63) is 22.5 Å². The summed E-state index contributed by atoms with van der Waals surface area (Å²) in [6.07, 6.45) is 3.07. The second-order valence-corrected chi connectivity index (χ2v) is 3.08. The van der Waals surface area contributed by atoms with Gasteiger partial charge in [-0.25, -0.2) is 4.39 Å². The van der Waals surface area contributed by atoms with Gasteiger partial charge in [0.25, 0.3) is 0 Å². The summed E-state index contributed by atoms with van der Waals surface area (Å²) in [5.74, 6) is -0.0793. The van der Waals surface area contributed by atoms with Gasteiger partial charge in [0.05, 0.1) is 0 Å². The first-order valence-electron chi connectivity index (χ1n) is 4.05. The van der Waals surface area contributed by atoms with E-state index < -0.39 is 0 Å². The summed E-state index contributed by atoms with van der Waals surface area (Å²) in [5.41, 5.74) is 0.605. The van der Waals surface area contributed by atoms with Crippen molar-refractivity contribution in [3.63, 3.8) is 0 Å². The zero-order valence-corrected chi connectivity index (χ0v) is 9.67. The molecule has 0 unspecified atom stereocenters. The predicted octanol–water partition coefficient (Wildman–Crippen LogP) is 4.55. The topological polar surface area (TPSA) is 0 Å². The van der Waals surface area contributed by atoms with Gasteiger partial charge < -0.3 is 0 Å². The summed E-state index contributed by atoms with van der Waals surface area (Å²) >= 11 is 8.88. The number of rotatable bonds is 1. The minimum Gasteiger partial charge on any atom is -0.211 e. The molecule has 0 nitrogen and oxygen atoms in total. The van der Waals surface area contributed by atoms with Crippen LogP contribution in [0.15, 0.2) is 22.5 Å². The van der Waals surface area contributed by atoms with Crippen molar-refractivity contribution in [2.45, 2.75) is 26.7 Å². The third-order valence-electron chi connectivity index (χ3n) is 1.44. The zero-order valence-electron chi connectivity index (χ0n) is 7.33. The maximum Gasteiger partial charge on any atom is 0.106 e. The number of alkyl halides is 1. The van der Waals surface area contributed by atoms with Crippen LogP contribution < -0.4 is 0 Å². The molecule has 0 spiro atoms. The minimum absolute atomic E-state index is 0.0793. The Balaban J connectivity index is 0.000000561. The van der Waals surface area contributed by atoms with Crippen molar-refractivity contribution in [2.75, 3.05) is 5.33 Å².